The zero-order valence-electron chi connectivity index (χ0n) is 9.28. The van der Waals surface area contributed by atoms with Crippen molar-refractivity contribution >= 4 is 0 Å². The van der Waals surface area contributed by atoms with E-state index in [1.165, 1.54) is 44.6 Å². The highest BCUT2D eigenvalue weighted by Gasteiger charge is 1.98. The monoisotopic (exact) mass is 200 g/mol. The lowest BCUT2D eigenvalue weighted by Crippen LogP contribution is -2.01. The Morgan fingerprint density at radius 3 is 2.14 bits per heavy atom. The van der Waals surface area contributed by atoms with Crippen molar-refractivity contribution in [3.8, 4) is 0 Å². The van der Waals surface area contributed by atoms with Gasteiger partial charge in [0.25, 0.3) is 0 Å². The molecule has 0 aromatic heterocycles. The molecule has 0 saturated heterocycles. The van der Waals surface area contributed by atoms with Crippen LogP contribution in [0.2, 0.25) is 0 Å². The fraction of sp³-hybridized carbons (Fsp3) is 0.833. The highest BCUT2D eigenvalue weighted by molar-refractivity contribution is 4.81. The van der Waals surface area contributed by atoms with E-state index in [2.05, 4.69) is 6.92 Å². The molecule has 0 rings (SSSR count). The van der Waals surface area contributed by atoms with E-state index >= 15 is 0 Å². The predicted octanol–water partition coefficient (Wildman–Crippen LogP) is 3.56. The van der Waals surface area contributed by atoms with Gasteiger partial charge in [-0.2, -0.15) is 0 Å². The normalized spacial score (nSPS) is 13.6. The summed E-state index contributed by atoms with van der Waals surface area (Å²) in [6, 6.07) is 0. The minimum Gasteiger partial charge on any atom is -0.516 e. The lowest BCUT2D eigenvalue weighted by molar-refractivity contribution is 0.205. The average molecular weight is 200 g/mol. The lowest BCUT2D eigenvalue weighted by Gasteiger charge is -2.04. The Hall–Kier alpha value is -0.500. The van der Waals surface area contributed by atoms with E-state index in [0.717, 1.165) is 19.1 Å². The van der Waals surface area contributed by atoms with Crippen LogP contribution in [0.3, 0.4) is 0 Å². The fourth-order valence-electron chi connectivity index (χ4n) is 1.51. The van der Waals surface area contributed by atoms with Gasteiger partial charge >= 0.3 is 0 Å². The van der Waals surface area contributed by atoms with Gasteiger partial charge in [-0.1, -0.05) is 51.9 Å². The van der Waals surface area contributed by atoms with E-state index in [1.807, 2.05) is 0 Å². The largest absolute Gasteiger partial charge is 0.516 e. The van der Waals surface area contributed by atoms with Gasteiger partial charge in [-0.3, -0.25) is 0 Å². The molecule has 0 aliphatic carbocycles. The van der Waals surface area contributed by atoms with Crippen LogP contribution in [0.5, 0.6) is 0 Å². The first-order valence-corrected chi connectivity index (χ1v) is 5.80. The molecule has 0 aliphatic rings. The maximum atomic E-state index is 9.24. The summed E-state index contributed by atoms with van der Waals surface area (Å²) < 4.78 is 0. The van der Waals surface area contributed by atoms with Crippen molar-refractivity contribution in [2.45, 2.75) is 64.4 Å². The van der Waals surface area contributed by atoms with E-state index in [4.69, 9.17) is 5.11 Å². The van der Waals surface area contributed by atoms with Crippen LogP contribution in [0, 0.1) is 0 Å². The van der Waals surface area contributed by atoms with Crippen LogP contribution in [0.25, 0.3) is 0 Å². The molecule has 0 bridgehead atoms. The minimum absolute atomic E-state index is 0.462. The molecular formula is C12H24O2. The molecule has 2 nitrogen and oxygen atoms in total. The first-order chi connectivity index (χ1) is 6.81. The quantitative estimate of drug-likeness (QED) is 0.441. The van der Waals surface area contributed by atoms with Crippen LogP contribution in [-0.2, 0) is 0 Å². The second kappa shape index (κ2) is 10.6. The summed E-state index contributed by atoms with van der Waals surface area (Å²) >= 11 is 0. The number of rotatable bonds is 9. The molecule has 0 saturated carbocycles. The van der Waals surface area contributed by atoms with Crippen molar-refractivity contribution in [2.75, 3.05) is 0 Å². The van der Waals surface area contributed by atoms with Crippen LogP contribution in [0.15, 0.2) is 12.3 Å². The van der Waals surface area contributed by atoms with Gasteiger partial charge in [-0.25, -0.2) is 0 Å². The van der Waals surface area contributed by atoms with Crippen molar-refractivity contribution in [1.82, 2.24) is 0 Å². The maximum Gasteiger partial charge on any atom is 0.0777 e. The summed E-state index contributed by atoms with van der Waals surface area (Å²) in [7, 11) is 0. The molecule has 0 spiro atoms. The lowest BCUT2D eigenvalue weighted by atomic mass is 10.1. The molecular weight excluding hydrogens is 176 g/mol. The van der Waals surface area contributed by atoms with Gasteiger partial charge in [0.05, 0.1) is 12.4 Å². The zero-order chi connectivity index (χ0) is 10.6. The minimum atomic E-state index is -0.462. The van der Waals surface area contributed by atoms with Gasteiger partial charge in [0.2, 0.25) is 0 Å². The topological polar surface area (TPSA) is 40.5 Å². The second-order valence-corrected chi connectivity index (χ2v) is 3.82. The third kappa shape index (κ3) is 9.59. The van der Waals surface area contributed by atoms with Crippen LogP contribution in [0.1, 0.15) is 58.3 Å². The number of unbranched alkanes of at least 4 members (excludes halogenated alkanes) is 6. The summed E-state index contributed by atoms with van der Waals surface area (Å²) in [4.78, 5) is 0. The molecule has 84 valence electrons. The SMILES string of the molecule is CCCCCCCCCC(O)C=CO. The molecule has 1 unspecified atom stereocenters. The van der Waals surface area contributed by atoms with Crippen LogP contribution in [0.4, 0.5) is 0 Å². The first kappa shape index (κ1) is 13.5. The standard InChI is InChI=1S/C12H24O2/c1-2-3-4-5-6-7-8-9-12(14)10-11-13/h10-14H,2-9H2,1H3. The van der Waals surface area contributed by atoms with Crippen molar-refractivity contribution in [2.24, 2.45) is 0 Å². The molecule has 0 fully saturated rings. The Labute approximate surface area is 87.7 Å². The highest BCUT2D eigenvalue weighted by Crippen LogP contribution is 2.09. The summed E-state index contributed by atoms with van der Waals surface area (Å²) in [5.74, 6) is 0. The Kier molecular flexibility index (Phi) is 10.2. The van der Waals surface area contributed by atoms with Crippen molar-refractivity contribution < 1.29 is 10.2 Å². The third-order valence-electron chi connectivity index (χ3n) is 2.41. The molecule has 1 atom stereocenters. The third-order valence-corrected chi connectivity index (χ3v) is 2.41. The molecule has 2 N–H and O–H groups in total. The molecule has 0 amide bonds. The number of hydrogen-bond acceptors (Lipinski definition) is 2. The Morgan fingerprint density at radius 1 is 1.00 bits per heavy atom. The van der Waals surface area contributed by atoms with Gasteiger partial charge in [0, 0.05) is 0 Å². The fourth-order valence-corrected chi connectivity index (χ4v) is 1.51. The molecule has 0 heterocycles. The molecule has 0 aromatic rings. The van der Waals surface area contributed by atoms with Crippen molar-refractivity contribution in [3.63, 3.8) is 0 Å². The number of hydrogen-bond donors (Lipinski definition) is 2. The van der Waals surface area contributed by atoms with E-state index < -0.39 is 6.10 Å². The van der Waals surface area contributed by atoms with E-state index in [1.54, 1.807) is 0 Å². The van der Waals surface area contributed by atoms with Gasteiger partial charge in [-0.15, -0.1) is 0 Å². The maximum absolute atomic E-state index is 9.24. The molecule has 2 heteroatoms. The van der Waals surface area contributed by atoms with Crippen molar-refractivity contribution in [1.29, 1.82) is 0 Å². The Balaban J connectivity index is 3.05. The molecule has 0 radical (unpaired) electrons. The van der Waals surface area contributed by atoms with Gasteiger partial charge < -0.3 is 10.2 Å². The predicted molar refractivity (Wildman–Crippen MR) is 60.4 cm³/mol. The zero-order valence-corrected chi connectivity index (χ0v) is 9.28. The molecule has 14 heavy (non-hydrogen) atoms. The second-order valence-electron chi connectivity index (χ2n) is 3.82. The van der Waals surface area contributed by atoms with Crippen LogP contribution < -0.4 is 0 Å². The van der Waals surface area contributed by atoms with E-state index in [0.29, 0.717) is 0 Å². The van der Waals surface area contributed by atoms with Crippen LogP contribution in [-0.4, -0.2) is 16.3 Å². The first-order valence-electron chi connectivity index (χ1n) is 5.80. The molecule has 0 aliphatic heterocycles. The molecule has 0 aromatic carbocycles. The number of aliphatic hydroxyl groups excluding tert-OH is 2. The van der Waals surface area contributed by atoms with Gasteiger partial charge in [-0.05, 0) is 12.5 Å². The van der Waals surface area contributed by atoms with Crippen molar-refractivity contribution in [3.05, 3.63) is 12.3 Å². The summed E-state index contributed by atoms with van der Waals surface area (Å²) in [6.45, 7) is 2.22. The smallest absolute Gasteiger partial charge is 0.0777 e. The van der Waals surface area contributed by atoms with Gasteiger partial charge in [0.1, 0.15) is 0 Å². The van der Waals surface area contributed by atoms with E-state index in [-0.39, 0.29) is 0 Å². The summed E-state index contributed by atoms with van der Waals surface area (Å²) in [5.41, 5.74) is 0. The Bertz CT molecular complexity index is 132. The van der Waals surface area contributed by atoms with E-state index in [9.17, 15) is 5.11 Å². The average Bonchev–Trinajstić information content (AvgIpc) is 2.17. The van der Waals surface area contributed by atoms with Gasteiger partial charge in [0.15, 0.2) is 0 Å². The summed E-state index contributed by atoms with van der Waals surface area (Å²) in [6.07, 6.45) is 11.5. The van der Waals surface area contributed by atoms with Crippen LogP contribution >= 0.6 is 0 Å². The summed E-state index contributed by atoms with van der Waals surface area (Å²) in [5, 5.41) is 17.6. The Morgan fingerprint density at radius 2 is 1.57 bits per heavy atom. The highest BCUT2D eigenvalue weighted by atomic mass is 16.3. The number of aliphatic hydroxyl groups is 2.